The van der Waals surface area contributed by atoms with Crippen LogP contribution in [0, 0.1) is 0 Å². The summed E-state index contributed by atoms with van der Waals surface area (Å²) in [5, 5.41) is 4.36. The summed E-state index contributed by atoms with van der Waals surface area (Å²) in [4.78, 5) is 21.2. The number of hydrogen-bond donors (Lipinski definition) is 1. The largest absolute Gasteiger partial charge is 0.340 e. The highest BCUT2D eigenvalue weighted by molar-refractivity contribution is 5.96. The summed E-state index contributed by atoms with van der Waals surface area (Å²) < 4.78 is 0. The van der Waals surface area contributed by atoms with Crippen LogP contribution in [0.25, 0.3) is 10.9 Å². The maximum Gasteiger partial charge on any atom is 0.159 e. The number of benzene rings is 2. The number of aromatic nitrogens is 2. The number of rotatable bonds is 6. The van der Waals surface area contributed by atoms with E-state index in [1.54, 1.807) is 6.92 Å². The monoisotopic (exact) mass is 333 g/mol. The fourth-order valence-electron chi connectivity index (χ4n) is 2.98. The molecular weight excluding hydrogens is 310 g/mol. The first-order chi connectivity index (χ1) is 12.1. The molecular formula is C21H23N3O. The summed E-state index contributed by atoms with van der Waals surface area (Å²) in [7, 11) is 0. The molecule has 0 aliphatic rings. The molecule has 1 heterocycles. The maximum atomic E-state index is 11.6. The lowest BCUT2D eigenvalue weighted by atomic mass is 10.0. The highest BCUT2D eigenvalue weighted by Gasteiger charge is 2.14. The van der Waals surface area contributed by atoms with Crippen molar-refractivity contribution in [1.29, 1.82) is 0 Å². The van der Waals surface area contributed by atoms with Gasteiger partial charge in [-0.3, -0.25) is 4.79 Å². The van der Waals surface area contributed by atoms with Gasteiger partial charge in [0.05, 0.1) is 5.52 Å². The van der Waals surface area contributed by atoms with Crippen LogP contribution in [0.5, 0.6) is 0 Å². The van der Waals surface area contributed by atoms with Gasteiger partial charge in [-0.25, -0.2) is 9.97 Å². The Morgan fingerprint density at radius 1 is 1.04 bits per heavy atom. The van der Waals surface area contributed by atoms with E-state index < -0.39 is 0 Å². The SMILES string of the molecule is CCC(CC)c1nc(Nc2cccc(C(C)=O)c2)c2ccccc2n1. The van der Waals surface area contributed by atoms with Gasteiger partial charge < -0.3 is 5.32 Å². The first-order valence-corrected chi connectivity index (χ1v) is 8.77. The molecule has 4 heteroatoms. The molecule has 0 unspecified atom stereocenters. The van der Waals surface area contributed by atoms with Crippen LogP contribution in [0.15, 0.2) is 48.5 Å². The van der Waals surface area contributed by atoms with Crippen molar-refractivity contribution in [2.24, 2.45) is 0 Å². The van der Waals surface area contributed by atoms with Crippen LogP contribution in [-0.4, -0.2) is 15.8 Å². The van der Waals surface area contributed by atoms with Gasteiger partial charge >= 0.3 is 0 Å². The molecule has 3 aromatic rings. The number of Topliss-reactive ketones (excluding diaryl/α,β-unsaturated/α-hetero) is 1. The predicted octanol–water partition coefficient (Wildman–Crippen LogP) is 5.48. The first kappa shape index (κ1) is 17.1. The summed E-state index contributed by atoms with van der Waals surface area (Å²) in [6, 6.07) is 15.5. The number of para-hydroxylation sites is 1. The van der Waals surface area contributed by atoms with Crippen molar-refractivity contribution in [2.45, 2.75) is 39.5 Å². The topological polar surface area (TPSA) is 54.9 Å². The second-order valence-electron chi connectivity index (χ2n) is 6.22. The predicted molar refractivity (Wildman–Crippen MR) is 103 cm³/mol. The quantitative estimate of drug-likeness (QED) is 0.607. The van der Waals surface area contributed by atoms with Crippen LogP contribution in [0.3, 0.4) is 0 Å². The maximum absolute atomic E-state index is 11.6. The van der Waals surface area contributed by atoms with Crippen LogP contribution in [-0.2, 0) is 0 Å². The lowest BCUT2D eigenvalue weighted by molar-refractivity contribution is 0.101. The van der Waals surface area contributed by atoms with E-state index >= 15 is 0 Å². The van der Waals surface area contributed by atoms with Crippen molar-refractivity contribution in [3.05, 3.63) is 59.9 Å². The van der Waals surface area contributed by atoms with E-state index in [1.165, 1.54) is 0 Å². The summed E-state index contributed by atoms with van der Waals surface area (Å²) >= 11 is 0. The normalized spacial score (nSPS) is 11.0. The molecule has 0 amide bonds. The molecule has 0 saturated carbocycles. The second-order valence-corrected chi connectivity index (χ2v) is 6.22. The molecule has 0 aliphatic carbocycles. The Kier molecular flexibility index (Phi) is 5.08. The fraction of sp³-hybridized carbons (Fsp3) is 0.286. The van der Waals surface area contributed by atoms with E-state index in [-0.39, 0.29) is 5.78 Å². The Morgan fingerprint density at radius 3 is 2.52 bits per heavy atom. The molecule has 0 fully saturated rings. The zero-order valence-electron chi connectivity index (χ0n) is 14.9. The number of carbonyl (C=O) groups excluding carboxylic acids is 1. The van der Waals surface area contributed by atoms with Crippen molar-refractivity contribution in [1.82, 2.24) is 9.97 Å². The van der Waals surface area contributed by atoms with Crippen LogP contribution in [0.4, 0.5) is 11.5 Å². The molecule has 1 aromatic heterocycles. The molecule has 25 heavy (non-hydrogen) atoms. The molecule has 0 spiro atoms. The van der Waals surface area contributed by atoms with E-state index in [9.17, 15) is 4.79 Å². The zero-order chi connectivity index (χ0) is 17.8. The minimum absolute atomic E-state index is 0.0499. The third kappa shape index (κ3) is 3.68. The lowest BCUT2D eigenvalue weighted by Gasteiger charge is -2.15. The van der Waals surface area contributed by atoms with Crippen molar-refractivity contribution < 1.29 is 4.79 Å². The minimum atomic E-state index is 0.0499. The number of fused-ring (bicyclic) bond motifs is 1. The smallest absolute Gasteiger partial charge is 0.159 e. The zero-order valence-corrected chi connectivity index (χ0v) is 14.9. The van der Waals surface area contributed by atoms with E-state index in [1.807, 2.05) is 48.5 Å². The molecule has 0 saturated heterocycles. The molecule has 128 valence electrons. The molecule has 3 rings (SSSR count). The average molecular weight is 333 g/mol. The van der Waals surface area contributed by atoms with Crippen molar-refractivity contribution in [3.63, 3.8) is 0 Å². The fourth-order valence-corrected chi connectivity index (χ4v) is 2.98. The number of nitrogens with one attached hydrogen (secondary N) is 1. The molecule has 0 radical (unpaired) electrons. The Morgan fingerprint density at radius 2 is 1.80 bits per heavy atom. The molecule has 1 N–H and O–H groups in total. The Bertz CT molecular complexity index is 901. The van der Waals surface area contributed by atoms with E-state index in [2.05, 4.69) is 19.2 Å². The van der Waals surface area contributed by atoms with Gasteiger partial charge in [-0.15, -0.1) is 0 Å². The van der Waals surface area contributed by atoms with Crippen LogP contribution in [0.2, 0.25) is 0 Å². The van der Waals surface area contributed by atoms with Gasteiger partial charge in [0.1, 0.15) is 11.6 Å². The van der Waals surface area contributed by atoms with Crippen molar-refractivity contribution in [3.8, 4) is 0 Å². The molecule has 0 bridgehead atoms. The lowest BCUT2D eigenvalue weighted by Crippen LogP contribution is -2.06. The average Bonchev–Trinajstić information content (AvgIpc) is 2.63. The number of ketones is 1. The van der Waals surface area contributed by atoms with Crippen LogP contribution < -0.4 is 5.32 Å². The van der Waals surface area contributed by atoms with Crippen molar-refractivity contribution in [2.75, 3.05) is 5.32 Å². The highest BCUT2D eigenvalue weighted by Crippen LogP contribution is 2.28. The summed E-state index contributed by atoms with van der Waals surface area (Å²) in [5.41, 5.74) is 2.47. The highest BCUT2D eigenvalue weighted by atomic mass is 16.1. The number of nitrogens with zero attached hydrogens (tertiary/aromatic N) is 2. The third-order valence-electron chi connectivity index (χ3n) is 4.50. The summed E-state index contributed by atoms with van der Waals surface area (Å²) in [5.74, 6) is 2.05. The Hall–Kier alpha value is -2.75. The van der Waals surface area contributed by atoms with Gasteiger partial charge in [0.2, 0.25) is 0 Å². The van der Waals surface area contributed by atoms with Crippen LogP contribution in [0.1, 0.15) is 55.7 Å². The first-order valence-electron chi connectivity index (χ1n) is 8.77. The molecule has 4 nitrogen and oxygen atoms in total. The van der Waals surface area contributed by atoms with Gasteiger partial charge in [-0.2, -0.15) is 0 Å². The molecule has 0 aliphatic heterocycles. The van der Waals surface area contributed by atoms with E-state index in [0.29, 0.717) is 11.5 Å². The molecule has 0 atom stereocenters. The van der Waals surface area contributed by atoms with Gasteiger partial charge in [-0.1, -0.05) is 38.1 Å². The Labute approximate surface area is 148 Å². The Balaban J connectivity index is 2.08. The number of carbonyl (C=O) groups is 1. The van der Waals surface area contributed by atoms with Crippen molar-refractivity contribution >= 4 is 28.2 Å². The third-order valence-corrected chi connectivity index (χ3v) is 4.50. The van der Waals surface area contributed by atoms with Gasteiger partial charge in [0.15, 0.2) is 5.78 Å². The van der Waals surface area contributed by atoms with Gasteiger partial charge in [0.25, 0.3) is 0 Å². The number of anilines is 2. The minimum Gasteiger partial charge on any atom is -0.340 e. The standard InChI is InChI=1S/C21H23N3O/c1-4-15(5-2)20-23-19-12-7-6-11-18(19)21(24-20)22-17-10-8-9-16(13-17)14(3)25/h6-13,15H,4-5H2,1-3H3,(H,22,23,24). The summed E-state index contributed by atoms with van der Waals surface area (Å²) in [6.45, 7) is 5.90. The van der Waals surface area contributed by atoms with Crippen LogP contribution >= 0.6 is 0 Å². The number of hydrogen-bond acceptors (Lipinski definition) is 4. The van der Waals surface area contributed by atoms with Gasteiger partial charge in [-0.05, 0) is 44.0 Å². The van der Waals surface area contributed by atoms with E-state index in [4.69, 9.17) is 9.97 Å². The van der Waals surface area contributed by atoms with Gasteiger partial charge in [0, 0.05) is 22.6 Å². The second kappa shape index (κ2) is 7.43. The van der Waals surface area contributed by atoms with E-state index in [0.717, 1.165) is 41.1 Å². The summed E-state index contributed by atoms with van der Waals surface area (Å²) in [6.07, 6.45) is 2.02. The molecule has 2 aromatic carbocycles.